The molecule has 2 nitrogen and oxygen atoms in total. The first-order chi connectivity index (χ1) is 7.67. The average Bonchev–Trinajstić information content (AvgIpc) is 2.66. The molecule has 1 aromatic heterocycles. The van der Waals surface area contributed by atoms with E-state index in [9.17, 15) is 0 Å². The van der Waals surface area contributed by atoms with E-state index in [0.717, 1.165) is 11.1 Å². The van der Waals surface area contributed by atoms with Crippen LogP contribution in [0.2, 0.25) is 0 Å². The third-order valence-corrected chi connectivity index (χ3v) is 4.27. The molecular formula is C12H20BrNOS. The van der Waals surface area contributed by atoms with E-state index in [2.05, 4.69) is 41.2 Å². The van der Waals surface area contributed by atoms with Crippen LogP contribution < -0.4 is 5.73 Å². The lowest BCUT2D eigenvalue weighted by molar-refractivity contribution is 0.0372. The number of rotatable bonds is 7. The molecule has 0 saturated carbocycles. The average molecular weight is 306 g/mol. The van der Waals surface area contributed by atoms with E-state index in [0.29, 0.717) is 12.5 Å². The molecule has 1 heterocycles. The van der Waals surface area contributed by atoms with Crippen molar-refractivity contribution in [1.82, 2.24) is 0 Å². The lowest BCUT2D eigenvalue weighted by Crippen LogP contribution is -2.18. The van der Waals surface area contributed by atoms with Gasteiger partial charge in [0.05, 0.1) is 6.61 Å². The van der Waals surface area contributed by atoms with Crippen molar-refractivity contribution in [2.24, 2.45) is 11.7 Å². The fourth-order valence-corrected chi connectivity index (χ4v) is 3.13. The fraction of sp³-hybridized carbons (Fsp3) is 0.667. The lowest BCUT2D eigenvalue weighted by atomic mass is 10.1. The highest BCUT2D eigenvalue weighted by atomic mass is 79.9. The predicted octanol–water partition coefficient (Wildman–Crippen LogP) is 3.96. The van der Waals surface area contributed by atoms with Gasteiger partial charge in [-0.25, -0.2) is 0 Å². The van der Waals surface area contributed by atoms with Gasteiger partial charge in [0.25, 0.3) is 0 Å². The molecule has 0 fully saturated rings. The van der Waals surface area contributed by atoms with Gasteiger partial charge in [-0.05, 0) is 34.3 Å². The highest BCUT2D eigenvalue weighted by Gasteiger charge is 2.13. The Bertz CT molecular complexity index is 303. The Morgan fingerprint density at radius 3 is 2.81 bits per heavy atom. The van der Waals surface area contributed by atoms with Crippen molar-refractivity contribution in [1.29, 1.82) is 0 Å². The third kappa shape index (κ3) is 4.53. The molecule has 92 valence electrons. The topological polar surface area (TPSA) is 35.2 Å². The number of hydrogen-bond donors (Lipinski definition) is 1. The van der Waals surface area contributed by atoms with Gasteiger partial charge < -0.3 is 10.5 Å². The van der Waals surface area contributed by atoms with Crippen molar-refractivity contribution in [2.45, 2.75) is 32.8 Å². The van der Waals surface area contributed by atoms with Gasteiger partial charge in [0.15, 0.2) is 0 Å². The summed E-state index contributed by atoms with van der Waals surface area (Å²) in [5, 5.41) is 2.07. The molecule has 0 spiro atoms. The summed E-state index contributed by atoms with van der Waals surface area (Å²) in [6.07, 6.45) is 2.48. The third-order valence-electron chi connectivity index (χ3n) is 2.48. The summed E-state index contributed by atoms with van der Waals surface area (Å²) < 4.78 is 6.98. The number of halogens is 1. The maximum absolute atomic E-state index is 5.87. The second-order valence-electron chi connectivity index (χ2n) is 4.12. The molecule has 0 aliphatic rings. The molecule has 0 aliphatic carbocycles. The zero-order chi connectivity index (χ0) is 12.0. The van der Waals surface area contributed by atoms with Crippen LogP contribution in [0.1, 0.15) is 37.7 Å². The van der Waals surface area contributed by atoms with E-state index >= 15 is 0 Å². The zero-order valence-corrected chi connectivity index (χ0v) is 12.3. The number of nitrogens with two attached hydrogens (primary N) is 1. The van der Waals surface area contributed by atoms with E-state index in [1.807, 2.05) is 0 Å². The van der Waals surface area contributed by atoms with Crippen molar-refractivity contribution in [3.05, 3.63) is 20.8 Å². The Morgan fingerprint density at radius 2 is 2.31 bits per heavy atom. The highest BCUT2D eigenvalue weighted by molar-refractivity contribution is 9.10. The molecule has 0 aromatic carbocycles. The summed E-state index contributed by atoms with van der Waals surface area (Å²) in [5.74, 6) is 0.613. The number of ether oxygens (including phenoxy) is 1. The molecule has 1 aromatic rings. The molecule has 16 heavy (non-hydrogen) atoms. The Kier molecular flexibility index (Phi) is 6.58. The van der Waals surface area contributed by atoms with Crippen LogP contribution in [-0.4, -0.2) is 13.2 Å². The second-order valence-corrected chi connectivity index (χ2v) is 5.98. The SMILES string of the molecule is CCCC(C)COC(CN)c1cc(Br)cs1. The van der Waals surface area contributed by atoms with Crippen molar-refractivity contribution in [3.8, 4) is 0 Å². The van der Waals surface area contributed by atoms with E-state index in [1.54, 1.807) is 11.3 Å². The first kappa shape index (κ1) is 14.2. The molecular weight excluding hydrogens is 286 g/mol. The normalized spacial score (nSPS) is 15.0. The van der Waals surface area contributed by atoms with E-state index in [4.69, 9.17) is 10.5 Å². The fourth-order valence-electron chi connectivity index (χ4n) is 1.62. The zero-order valence-electron chi connectivity index (χ0n) is 9.91. The predicted molar refractivity (Wildman–Crippen MR) is 73.8 cm³/mol. The van der Waals surface area contributed by atoms with Gasteiger partial charge in [-0.15, -0.1) is 11.3 Å². The molecule has 0 aliphatic heterocycles. The molecule has 2 unspecified atom stereocenters. The van der Waals surface area contributed by atoms with E-state index < -0.39 is 0 Å². The summed E-state index contributed by atoms with van der Waals surface area (Å²) in [5.41, 5.74) is 5.74. The van der Waals surface area contributed by atoms with Crippen molar-refractivity contribution in [2.75, 3.05) is 13.2 Å². The van der Waals surface area contributed by atoms with E-state index in [1.165, 1.54) is 17.7 Å². The van der Waals surface area contributed by atoms with Gasteiger partial charge in [0, 0.05) is 21.3 Å². The summed E-state index contributed by atoms with van der Waals surface area (Å²) in [6.45, 7) is 5.77. The van der Waals surface area contributed by atoms with Crippen LogP contribution >= 0.6 is 27.3 Å². The minimum atomic E-state index is 0.0515. The molecule has 0 radical (unpaired) electrons. The maximum Gasteiger partial charge on any atom is 0.104 e. The minimum absolute atomic E-state index is 0.0515. The Balaban J connectivity index is 2.43. The van der Waals surface area contributed by atoms with Crippen LogP contribution in [-0.2, 0) is 4.74 Å². The quantitative estimate of drug-likeness (QED) is 0.827. The van der Waals surface area contributed by atoms with Crippen LogP contribution in [0, 0.1) is 5.92 Å². The smallest absolute Gasteiger partial charge is 0.104 e. The molecule has 0 bridgehead atoms. The van der Waals surface area contributed by atoms with E-state index in [-0.39, 0.29) is 6.10 Å². The van der Waals surface area contributed by atoms with Crippen LogP contribution in [0.15, 0.2) is 15.9 Å². The first-order valence-electron chi connectivity index (χ1n) is 5.73. The molecule has 0 amide bonds. The molecule has 2 N–H and O–H groups in total. The Labute approximate surface area is 110 Å². The molecule has 4 heteroatoms. The highest BCUT2D eigenvalue weighted by Crippen LogP contribution is 2.27. The summed E-state index contributed by atoms with van der Waals surface area (Å²) >= 11 is 5.14. The molecule has 1 rings (SSSR count). The minimum Gasteiger partial charge on any atom is -0.371 e. The summed E-state index contributed by atoms with van der Waals surface area (Å²) in [6, 6.07) is 2.09. The Hall–Kier alpha value is 0.1000. The van der Waals surface area contributed by atoms with Gasteiger partial charge in [-0.3, -0.25) is 0 Å². The van der Waals surface area contributed by atoms with Crippen LogP contribution in [0.3, 0.4) is 0 Å². The monoisotopic (exact) mass is 305 g/mol. The van der Waals surface area contributed by atoms with Crippen LogP contribution in [0.4, 0.5) is 0 Å². The second kappa shape index (κ2) is 7.43. The van der Waals surface area contributed by atoms with Crippen molar-refractivity contribution < 1.29 is 4.74 Å². The molecule has 0 saturated heterocycles. The summed E-state index contributed by atoms with van der Waals surface area (Å²) in [7, 11) is 0. The van der Waals surface area contributed by atoms with Gasteiger partial charge >= 0.3 is 0 Å². The van der Waals surface area contributed by atoms with Crippen LogP contribution in [0.25, 0.3) is 0 Å². The van der Waals surface area contributed by atoms with Crippen molar-refractivity contribution >= 4 is 27.3 Å². The molecule has 2 atom stereocenters. The number of hydrogen-bond acceptors (Lipinski definition) is 3. The first-order valence-corrected chi connectivity index (χ1v) is 7.40. The van der Waals surface area contributed by atoms with Crippen LogP contribution in [0.5, 0.6) is 0 Å². The summed E-state index contributed by atoms with van der Waals surface area (Å²) in [4.78, 5) is 1.21. The van der Waals surface area contributed by atoms with Crippen molar-refractivity contribution in [3.63, 3.8) is 0 Å². The van der Waals surface area contributed by atoms with Gasteiger partial charge in [0.1, 0.15) is 6.10 Å². The number of thiophene rings is 1. The standard InChI is InChI=1S/C12H20BrNOS/c1-3-4-9(2)7-15-11(6-14)12-5-10(13)8-16-12/h5,8-9,11H,3-4,6-7,14H2,1-2H3. The Morgan fingerprint density at radius 1 is 1.56 bits per heavy atom. The lowest BCUT2D eigenvalue weighted by Gasteiger charge is -2.17. The van der Waals surface area contributed by atoms with Gasteiger partial charge in [-0.2, -0.15) is 0 Å². The van der Waals surface area contributed by atoms with Gasteiger partial charge in [0.2, 0.25) is 0 Å². The maximum atomic E-state index is 5.87. The largest absolute Gasteiger partial charge is 0.371 e. The van der Waals surface area contributed by atoms with Gasteiger partial charge in [-0.1, -0.05) is 20.3 Å².